The summed E-state index contributed by atoms with van der Waals surface area (Å²) in [6, 6.07) is 1.06. The lowest BCUT2D eigenvalue weighted by atomic mass is 10.1. The van der Waals surface area contributed by atoms with Crippen LogP contribution >= 0.6 is 7.67 Å². The zero-order chi connectivity index (χ0) is 15.8. The molecule has 1 aromatic rings. The summed E-state index contributed by atoms with van der Waals surface area (Å²) in [4.78, 5) is 24.6. The molecule has 0 radical (unpaired) electrons. The number of hydrogen-bond donors (Lipinski definition) is 5. The first-order valence-electron chi connectivity index (χ1n) is 5.84. The van der Waals surface area contributed by atoms with Crippen molar-refractivity contribution in [2.75, 3.05) is 6.61 Å². The van der Waals surface area contributed by atoms with E-state index >= 15 is 0 Å². The van der Waals surface area contributed by atoms with Crippen LogP contribution in [0.5, 0.6) is 0 Å². The van der Waals surface area contributed by atoms with Crippen molar-refractivity contribution < 1.29 is 24.0 Å². The number of nitrogens with two attached hydrogens (primary N) is 2. The molecule has 0 unspecified atom stereocenters. The first kappa shape index (κ1) is 16.0. The van der Waals surface area contributed by atoms with Gasteiger partial charge in [0.25, 0.3) is 5.56 Å². The number of ether oxygens (including phenoxy) is 1. The van der Waals surface area contributed by atoms with Gasteiger partial charge < -0.3 is 19.5 Å². The van der Waals surface area contributed by atoms with E-state index < -0.39 is 50.1 Å². The Morgan fingerprint density at radius 2 is 2.05 bits per heavy atom. The van der Waals surface area contributed by atoms with Crippen LogP contribution in [0, 0.1) is 0 Å². The van der Waals surface area contributed by atoms with Gasteiger partial charge in [0.2, 0.25) is 0 Å². The van der Waals surface area contributed by atoms with Crippen LogP contribution in [0.15, 0.2) is 21.9 Å². The molecule has 1 saturated heterocycles. The van der Waals surface area contributed by atoms with E-state index in [1.807, 2.05) is 4.98 Å². The molecule has 0 aliphatic carbocycles. The SMILES string of the molecule is NP(N)(=O)OC[C@H]1O[C@@H](n2ccc(=O)[nH]c2=O)[C@H](O)[C@@H]1O. The predicted molar refractivity (Wildman–Crippen MR) is 69.2 cm³/mol. The molecule has 0 spiro atoms. The van der Waals surface area contributed by atoms with E-state index in [4.69, 9.17) is 15.7 Å². The van der Waals surface area contributed by atoms with Crippen molar-refractivity contribution in [2.24, 2.45) is 11.0 Å². The van der Waals surface area contributed by atoms with E-state index in [9.17, 15) is 24.4 Å². The molecule has 1 fully saturated rings. The van der Waals surface area contributed by atoms with Gasteiger partial charge in [-0.15, -0.1) is 0 Å². The fourth-order valence-corrected chi connectivity index (χ4v) is 2.29. The lowest BCUT2D eigenvalue weighted by Gasteiger charge is -2.16. The maximum absolute atomic E-state index is 11.6. The van der Waals surface area contributed by atoms with Crippen LogP contribution in [0.25, 0.3) is 0 Å². The Morgan fingerprint density at radius 1 is 1.38 bits per heavy atom. The fraction of sp³-hybridized carbons (Fsp3) is 0.556. The Hall–Kier alpha value is -1.33. The van der Waals surface area contributed by atoms with Gasteiger partial charge in [0.1, 0.15) is 18.3 Å². The predicted octanol–water partition coefficient (Wildman–Crippen LogP) is -2.80. The van der Waals surface area contributed by atoms with E-state index in [2.05, 4.69) is 4.52 Å². The normalized spacial score (nSPS) is 29.7. The molecule has 11 nitrogen and oxygen atoms in total. The molecule has 2 heterocycles. The van der Waals surface area contributed by atoms with Gasteiger partial charge in [-0.2, -0.15) is 0 Å². The average Bonchev–Trinajstić information content (AvgIpc) is 2.64. The third-order valence-corrected chi connectivity index (χ3v) is 3.46. The zero-order valence-corrected chi connectivity index (χ0v) is 11.6. The number of rotatable bonds is 4. The topological polar surface area (TPSA) is 183 Å². The van der Waals surface area contributed by atoms with Crippen LogP contribution in [-0.2, 0) is 13.8 Å². The van der Waals surface area contributed by atoms with Gasteiger partial charge >= 0.3 is 13.4 Å². The molecular weight excluding hydrogens is 307 g/mol. The number of H-pyrrole nitrogens is 1. The molecular formula is C9H15N4O7P. The first-order chi connectivity index (χ1) is 9.69. The van der Waals surface area contributed by atoms with Crippen molar-refractivity contribution >= 4 is 7.67 Å². The largest absolute Gasteiger partial charge is 0.387 e. The minimum absolute atomic E-state index is 0.433. The third-order valence-electron chi connectivity index (χ3n) is 2.90. The summed E-state index contributed by atoms with van der Waals surface area (Å²) < 4.78 is 21.9. The van der Waals surface area contributed by atoms with Gasteiger partial charge in [-0.3, -0.25) is 18.9 Å². The highest BCUT2D eigenvalue weighted by molar-refractivity contribution is 7.53. The minimum Gasteiger partial charge on any atom is -0.387 e. The van der Waals surface area contributed by atoms with Gasteiger partial charge in [0.15, 0.2) is 6.23 Å². The number of nitrogens with zero attached hydrogens (tertiary/aromatic N) is 1. The molecule has 1 aliphatic rings. The van der Waals surface area contributed by atoms with E-state index in [0.717, 1.165) is 16.8 Å². The van der Waals surface area contributed by atoms with Crippen molar-refractivity contribution in [1.29, 1.82) is 0 Å². The van der Waals surface area contributed by atoms with E-state index in [-0.39, 0.29) is 0 Å². The summed E-state index contributed by atoms with van der Waals surface area (Å²) in [6.07, 6.45) is -4.10. The van der Waals surface area contributed by atoms with Gasteiger partial charge in [-0.1, -0.05) is 0 Å². The summed E-state index contributed by atoms with van der Waals surface area (Å²) >= 11 is 0. The standard InChI is InChI=1S/C9H15N4O7P/c10-21(11,18)19-3-4-6(15)7(16)8(20-4)13-2-1-5(14)12-9(13)17/h1-2,4,6-8,15-16H,3H2,(H4,10,11,18)(H,12,14,17)/t4-,6-,7-,8-/m1/s1. The number of nitrogens with one attached hydrogen (secondary N) is 1. The number of hydrogen-bond acceptors (Lipinski definition) is 7. The molecule has 2 rings (SSSR count). The molecule has 0 aromatic carbocycles. The van der Waals surface area contributed by atoms with Crippen LogP contribution in [-0.4, -0.2) is 44.7 Å². The molecule has 0 bridgehead atoms. The fourth-order valence-electron chi connectivity index (χ4n) is 1.91. The van der Waals surface area contributed by atoms with E-state index in [1.165, 1.54) is 0 Å². The van der Waals surface area contributed by atoms with Crippen molar-refractivity contribution in [2.45, 2.75) is 24.5 Å². The van der Waals surface area contributed by atoms with Crippen LogP contribution in [0.2, 0.25) is 0 Å². The van der Waals surface area contributed by atoms with Crippen LogP contribution in [0.4, 0.5) is 0 Å². The zero-order valence-electron chi connectivity index (χ0n) is 10.7. The van der Waals surface area contributed by atoms with Gasteiger partial charge in [-0.25, -0.2) is 15.8 Å². The first-order valence-corrected chi connectivity index (χ1v) is 7.60. The molecule has 0 saturated carbocycles. The molecule has 4 atom stereocenters. The number of aliphatic hydroxyl groups excluding tert-OH is 2. The molecule has 7 N–H and O–H groups in total. The van der Waals surface area contributed by atoms with Crippen LogP contribution in [0.3, 0.4) is 0 Å². The Balaban J connectivity index is 2.18. The summed E-state index contributed by atoms with van der Waals surface area (Å²) in [5.74, 6) is 0. The van der Waals surface area contributed by atoms with Crippen molar-refractivity contribution in [3.63, 3.8) is 0 Å². The smallest absolute Gasteiger partial charge is 0.335 e. The van der Waals surface area contributed by atoms with Crippen LogP contribution in [0.1, 0.15) is 6.23 Å². The van der Waals surface area contributed by atoms with Crippen LogP contribution < -0.4 is 22.3 Å². The van der Waals surface area contributed by atoms with Gasteiger partial charge in [0, 0.05) is 12.3 Å². The van der Waals surface area contributed by atoms with Gasteiger partial charge in [0.05, 0.1) is 6.61 Å². The Morgan fingerprint density at radius 3 is 2.62 bits per heavy atom. The lowest BCUT2D eigenvalue weighted by molar-refractivity contribution is -0.0513. The third kappa shape index (κ3) is 3.66. The monoisotopic (exact) mass is 322 g/mol. The highest BCUT2D eigenvalue weighted by atomic mass is 31.2. The lowest BCUT2D eigenvalue weighted by Crippen LogP contribution is -2.37. The second-order valence-electron chi connectivity index (χ2n) is 4.50. The maximum Gasteiger partial charge on any atom is 0.335 e. The molecule has 21 heavy (non-hydrogen) atoms. The van der Waals surface area contributed by atoms with Crippen molar-refractivity contribution in [3.8, 4) is 0 Å². The summed E-state index contributed by atoms with van der Waals surface area (Å²) in [6.45, 7) is -0.433. The van der Waals surface area contributed by atoms with Crippen molar-refractivity contribution in [3.05, 3.63) is 33.1 Å². The highest BCUT2D eigenvalue weighted by Gasteiger charge is 2.44. The molecule has 118 valence electrons. The number of aromatic amines is 1. The molecule has 1 aromatic heterocycles. The van der Waals surface area contributed by atoms with Gasteiger partial charge in [-0.05, 0) is 0 Å². The second-order valence-corrected chi connectivity index (χ2v) is 6.05. The quantitative estimate of drug-likeness (QED) is 0.365. The number of aliphatic hydroxyl groups is 2. The molecule has 12 heteroatoms. The van der Waals surface area contributed by atoms with E-state index in [0.29, 0.717) is 0 Å². The Kier molecular flexibility index (Phi) is 4.44. The minimum atomic E-state index is -3.76. The van der Waals surface area contributed by atoms with Crippen molar-refractivity contribution in [1.82, 2.24) is 9.55 Å². The summed E-state index contributed by atoms with van der Waals surface area (Å²) in [5.41, 5.74) is 8.56. The Bertz CT molecular complexity index is 667. The van der Waals surface area contributed by atoms with E-state index in [1.54, 1.807) is 0 Å². The molecule has 0 amide bonds. The highest BCUT2D eigenvalue weighted by Crippen LogP contribution is 2.32. The molecule has 1 aliphatic heterocycles. The summed E-state index contributed by atoms with van der Waals surface area (Å²) in [5, 5.41) is 19.7. The summed E-state index contributed by atoms with van der Waals surface area (Å²) in [7, 11) is -3.76. The Labute approximate surface area is 117 Å². The number of aromatic nitrogens is 2. The average molecular weight is 322 g/mol. The second kappa shape index (κ2) is 5.81. The maximum atomic E-state index is 11.6.